The molecule has 0 spiro atoms. The Hall–Kier alpha value is -2.26. The van der Waals surface area contributed by atoms with Gasteiger partial charge in [0.2, 0.25) is 0 Å². The van der Waals surface area contributed by atoms with Crippen LogP contribution < -0.4 is 0 Å². The molecule has 31 heavy (non-hydrogen) atoms. The molecule has 0 radical (unpaired) electrons. The number of hydrogen-bond acceptors (Lipinski definition) is 7. The van der Waals surface area contributed by atoms with Crippen LogP contribution in [0.5, 0.6) is 0 Å². The number of hydrazone groups is 1. The molecule has 6 nitrogen and oxygen atoms in total. The Kier molecular flexibility index (Phi) is 6.31. The number of hydrogen-bond donors (Lipinski definition) is 0. The minimum atomic E-state index is -0.0843. The fraction of sp³-hybridized carbons (Fsp3) is 0.391. The van der Waals surface area contributed by atoms with Crippen molar-refractivity contribution in [3.8, 4) is 0 Å². The van der Waals surface area contributed by atoms with E-state index in [2.05, 4.69) is 28.5 Å². The number of carbonyl (C=O) groups is 1. The summed E-state index contributed by atoms with van der Waals surface area (Å²) in [4.78, 5) is 18.1. The number of nitrogens with zero attached hydrogens (tertiary/aromatic N) is 3. The second-order valence-electron chi connectivity index (χ2n) is 7.88. The monoisotopic (exact) mass is 455 g/mol. The van der Waals surface area contributed by atoms with Crippen molar-refractivity contribution < 1.29 is 13.9 Å². The number of rotatable bonds is 8. The topological polar surface area (TPSA) is 58.3 Å². The molecule has 3 aromatic heterocycles. The van der Waals surface area contributed by atoms with Crippen molar-refractivity contribution in [2.45, 2.75) is 38.0 Å². The van der Waals surface area contributed by atoms with Crippen molar-refractivity contribution in [2.75, 3.05) is 19.7 Å². The third-order valence-electron chi connectivity index (χ3n) is 5.65. The average Bonchev–Trinajstić information content (AvgIpc) is 3.59. The summed E-state index contributed by atoms with van der Waals surface area (Å²) in [6, 6.07) is 11.9. The molecule has 3 aromatic rings. The van der Waals surface area contributed by atoms with Crippen LogP contribution in [-0.4, -0.2) is 47.3 Å². The summed E-state index contributed by atoms with van der Waals surface area (Å²) in [5, 5.41) is 10.5. The van der Waals surface area contributed by atoms with Crippen LogP contribution in [0, 0.1) is 0 Å². The Balaban J connectivity index is 1.35. The molecule has 0 bridgehead atoms. The maximum atomic E-state index is 13.5. The van der Waals surface area contributed by atoms with Gasteiger partial charge in [-0.25, -0.2) is 5.01 Å². The quantitative estimate of drug-likeness (QED) is 0.491. The summed E-state index contributed by atoms with van der Waals surface area (Å²) < 4.78 is 11.4. The van der Waals surface area contributed by atoms with Gasteiger partial charge in [-0.1, -0.05) is 12.1 Å². The summed E-state index contributed by atoms with van der Waals surface area (Å²) in [5.41, 5.74) is 0.820. The number of amides is 1. The number of carbonyl (C=O) groups excluding carboxylic acids is 1. The van der Waals surface area contributed by atoms with Gasteiger partial charge in [0.1, 0.15) is 11.5 Å². The van der Waals surface area contributed by atoms with Crippen LogP contribution >= 0.6 is 22.7 Å². The second kappa shape index (κ2) is 9.48. The van der Waals surface area contributed by atoms with Gasteiger partial charge in [0.25, 0.3) is 5.91 Å². The van der Waals surface area contributed by atoms with E-state index in [1.807, 2.05) is 23.6 Å². The SMILES string of the molecule is O=C(CN(Cc1cccs1)C[C@H]1CCCO1)N1N=C(c2ccco2)C[C@H]1c1cccs1. The zero-order chi connectivity index (χ0) is 21.0. The van der Waals surface area contributed by atoms with Crippen LogP contribution in [0.1, 0.15) is 40.8 Å². The van der Waals surface area contributed by atoms with E-state index >= 15 is 0 Å². The molecule has 5 heterocycles. The van der Waals surface area contributed by atoms with E-state index in [0.29, 0.717) is 13.0 Å². The lowest BCUT2D eigenvalue weighted by Gasteiger charge is -2.27. The minimum absolute atomic E-state index is 0.00880. The molecule has 0 unspecified atom stereocenters. The maximum Gasteiger partial charge on any atom is 0.257 e. The molecule has 5 rings (SSSR count). The minimum Gasteiger partial charge on any atom is -0.463 e. The van der Waals surface area contributed by atoms with Gasteiger partial charge in [0, 0.05) is 35.9 Å². The van der Waals surface area contributed by atoms with E-state index in [-0.39, 0.29) is 18.1 Å². The van der Waals surface area contributed by atoms with E-state index in [9.17, 15) is 4.79 Å². The highest BCUT2D eigenvalue weighted by atomic mass is 32.1. The smallest absolute Gasteiger partial charge is 0.257 e. The number of ether oxygens (including phenoxy) is 1. The van der Waals surface area contributed by atoms with Crippen molar-refractivity contribution in [1.82, 2.24) is 9.91 Å². The first-order chi connectivity index (χ1) is 15.3. The highest BCUT2D eigenvalue weighted by Crippen LogP contribution is 2.35. The van der Waals surface area contributed by atoms with Gasteiger partial charge < -0.3 is 9.15 Å². The van der Waals surface area contributed by atoms with Gasteiger partial charge in [-0.05, 0) is 47.9 Å². The summed E-state index contributed by atoms with van der Waals surface area (Å²) in [7, 11) is 0. The molecule has 2 aliphatic rings. The molecule has 0 aliphatic carbocycles. The first-order valence-electron chi connectivity index (χ1n) is 10.6. The molecular formula is C23H25N3O3S2. The van der Waals surface area contributed by atoms with Crippen molar-refractivity contribution >= 4 is 34.3 Å². The van der Waals surface area contributed by atoms with Crippen molar-refractivity contribution in [3.63, 3.8) is 0 Å². The van der Waals surface area contributed by atoms with Gasteiger partial charge in [-0.15, -0.1) is 22.7 Å². The Morgan fingerprint density at radius 1 is 1.19 bits per heavy atom. The first kappa shape index (κ1) is 20.6. The number of thiophene rings is 2. The molecule has 162 valence electrons. The molecule has 2 aliphatic heterocycles. The standard InChI is InChI=1S/C23H25N3O3S2/c27-23(16-25(14-17-5-1-9-28-17)15-18-6-3-11-30-18)26-20(22-8-4-12-31-22)13-19(24-26)21-7-2-10-29-21/h2-4,6-8,10-12,17,20H,1,5,9,13-16H2/t17-,20+/m1/s1. The lowest BCUT2D eigenvalue weighted by Crippen LogP contribution is -2.40. The summed E-state index contributed by atoms with van der Waals surface area (Å²) in [6.07, 6.45) is 4.65. The molecule has 1 fully saturated rings. The normalized spacial score (nSPS) is 21.2. The fourth-order valence-corrected chi connectivity index (χ4v) is 5.74. The van der Waals surface area contributed by atoms with Crippen LogP contribution in [-0.2, 0) is 16.1 Å². The molecular weight excluding hydrogens is 430 g/mol. The van der Waals surface area contributed by atoms with Crippen LogP contribution in [0.4, 0.5) is 0 Å². The van der Waals surface area contributed by atoms with Gasteiger partial charge >= 0.3 is 0 Å². The molecule has 0 aromatic carbocycles. The largest absolute Gasteiger partial charge is 0.463 e. The first-order valence-corrected chi connectivity index (χ1v) is 12.4. The Morgan fingerprint density at radius 2 is 2.10 bits per heavy atom. The summed E-state index contributed by atoms with van der Waals surface area (Å²) in [5.74, 6) is 0.737. The lowest BCUT2D eigenvalue weighted by molar-refractivity contribution is -0.134. The molecule has 2 atom stereocenters. The predicted molar refractivity (Wildman–Crippen MR) is 122 cm³/mol. The maximum absolute atomic E-state index is 13.5. The van der Waals surface area contributed by atoms with E-state index in [1.54, 1.807) is 33.9 Å². The molecule has 1 amide bonds. The third-order valence-corrected chi connectivity index (χ3v) is 7.48. The average molecular weight is 456 g/mol. The molecule has 0 saturated carbocycles. The second-order valence-corrected chi connectivity index (χ2v) is 9.89. The predicted octanol–water partition coefficient (Wildman–Crippen LogP) is 4.76. The molecule has 1 saturated heterocycles. The third kappa shape index (κ3) is 4.82. The Labute approximate surface area is 189 Å². The van der Waals surface area contributed by atoms with Crippen LogP contribution in [0.15, 0.2) is 62.9 Å². The van der Waals surface area contributed by atoms with E-state index < -0.39 is 0 Å². The number of furan rings is 1. The zero-order valence-corrected chi connectivity index (χ0v) is 18.8. The van der Waals surface area contributed by atoms with Crippen LogP contribution in [0.25, 0.3) is 0 Å². The van der Waals surface area contributed by atoms with Crippen LogP contribution in [0.2, 0.25) is 0 Å². The van der Waals surface area contributed by atoms with Gasteiger partial charge in [-0.2, -0.15) is 5.10 Å². The Morgan fingerprint density at radius 3 is 2.81 bits per heavy atom. The van der Waals surface area contributed by atoms with E-state index in [4.69, 9.17) is 14.3 Å². The zero-order valence-electron chi connectivity index (χ0n) is 17.2. The highest BCUT2D eigenvalue weighted by Gasteiger charge is 2.35. The fourth-order valence-electron chi connectivity index (χ4n) is 4.18. The van der Waals surface area contributed by atoms with Gasteiger partial charge in [0.05, 0.1) is 25.0 Å². The summed E-state index contributed by atoms with van der Waals surface area (Å²) in [6.45, 7) is 2.63. The lowest BCUT2D eigenvalue weighted by atomic mass is 10.1. The van der Waals surface area contributed by atoms with Crippen molar-refractivity contribution in [3.05, 3.63) is 68.9 Å². The van der Waals surface area contributed by atoms with Crippen LogP contribution in [0.3, 0.4) is 0 Å². The summed E-state index contributed by atoms with van der Waals surface area (Å²) >= 11 is 3.38. The van der Waals surface area contributed by atoms with Gasteiger partial charge in [-0.3, -0.25) is 9.69 Å². The van der Waals surface area contributed by atoms with Crippen molar-refractivity contribution in [2.24, 2.45) is 5.10 Å². The molecule has 8 heteroatoms. The van der Waals surface area contributed by atoms with Crippen molar-refractivity contribution in [1.29, 1.82) is 0 Å². The van der Waals surface area contributed by atoms with E-state index in [0.717, 1.165) is 48.9 Å². The molecule has 0 N–H and O–H groups in total. The highest BCUT2D eigenvalue weighted by molar-refractivity contribution is 7.10. The van der Waals surface area contributed by atoms with E-state index in [1.165, 1.54) is 4.88 Å². The van der Waals surface area contributed by atoms with Gasteiger partial charge in [0.15, 0.2) is 0 Å². The Bertz CT molecular complexity index is 993.